The van der Waals surface area contributed by atoms with Gasteiger partial charge in [-0.05, 0) is 47.7 Å². The van der Waals surface area contributed by atoms with Crippen LogP contribution in [0.15, 0.2) is 78.9 Å². The highest BCUT2D eigenvalue weighted by Crippen LogP contribution is 2.22. The van der Waals surface area contributed by atoms with Gasteiger partial charge in [0.15, 0.2) is 12.4 Å². The molecule has 0 radical (unpaired) electrons. The smallest absolute Gasteiger partial charge is 0.258 e. The monoisotopic (exact) mass is 415 g/mol. The molecule has 0 spiro atoms. The molecule has 0 aromatic heterocycles. The van der Waals surface area contributed by atoms with Gasteiger partial charge in [0.25, 0.3) is 5.91 Å². The summed E-state index contributed by atoms with van der Waals surface area (Å²) in [6, 6.07) is 24.3. The van der Waals surface area contributed by atoms with Gasteiger partial charge in [0.1, 0.15) is 5.75 Å². The summed E-state index contributed by atoms with van der Waals surface area (Å²) in [7, 11) is 0. The van der Waals surface area contributed by atoms with Gasteiger partial charge in [-0.2, -0.15) is 0 Å². The van der Waals surface area contributed by atoms with Crippen molar-refractivity contribution < 1.29 is 14.3 Å². The van der Waals surface area contributed by atoms with Crippen molar-refractivity contribution in [3.05, 3.63) is 101 Å². The minimum Gasteiger partial charge on any atom is -0.484 e. The van der Waals surface area contributed by atoms with E-state index < -0.39 is 0 Å². The Hall–Kier alpha value is -3.40. The molecule has 160 valence electrons. The number of ether oxygens (including phenoxy) is 1. The average Bonchev–Trinajstić information content (AvgIpc) is 2.81. The van der Waals surface area contributed by atoms with E-state index in [1.165, 1.54) is 5.56 Å². The number of aryl methyl sites for hydroxylation is 1. The molecule has 0 fully saturated rings. The Bertz CT molecular complexity index is 993. The summed E-state index contributed by atoms with van der Waals surface area (Å²) in [6.07, 6.45) is 0.989. The van der Waals surface area contributed by atoms with E-state index in [9.17, 15) is 9.59 Å². The molecule has 1 N–H and O–H groups in total. The summed E-state index contributed by atoms with van der Waals surface area (Å²) in [6.45, 7) is 6.21. The van der Waals surface area contributed by atoms with Gasteiger partial charge in [-0.3, -0.25) is 9.59 Å². The van der Waals surface area contributed by atoms with Crippen LogP contribution in [0.4, 0.5) is 0 Å². The normalized spacial score (nSPS) is 11.7. The number of amides is 1. The lowest BCUT2D eigenvalue weighted by molar-refractivity contribution is -0.124. The Kier molecular flexibility index (Phi) is 7.60. The fourth-order valence-corrected chi connectivity index (χ4v) is 3.42. The van der Waals surface area contributed by atoms with Crippen LogP contribution in [0.25, 0.3) is 0 Å². The van der Waals surface area contributed by atoms with Gasteiger partial charge >= 0.3 is 0 Å². The Morgan fingerprint density at radius 3 is 2.03 bits per heavy atom. The molecule has 4 heteroatoms. The van der Waals surface area contributed by atoms with Crippen LogP contribution < -0.4 is 10.1 Å². The standard InChI is InChI=1S/C27H29NO3/c1-4-20-10-12-21(13-11-20)26(19(2)3)28-25(29)18-31-24-16-14-23(15-17-24)27(30)22-8-6-5-7-9-22/h5-17,19,26H,4,18H2,1-3H3,(H,28,29)/t26-/m0/s1. The zero-order valence-corrected chi connectivity index (χ0v) is 18.3. The van der Waals surface area contributed by atoms with Crippen molar-refractivity contribution in [3.63, 3.8) is 0 Å². The van der Waals surface area contributed by atoms with Crippen molar-refractivity contribution in [2.24, 2.45) is 5.92 Å². The third-order valence-corrected chi connectivity index (χ3v) is 5.25. The number of hydrogen-bond acceptors (Lipinski definition) is 3. The molecule has 0 heterocycles. The summed E-state index contributed by atoms with van der Waals surface area (Å²) in [5.74, 6) is 0.578. The molecule has 0 unspecified atom stereocenters. The van der Waals surface area contributed by atoms with E-state index in [1.54, 1.807) is 36.4 Å². The highest BCUT2D eigenvalue weighted by molar-refractivity contribution is 6.08. The molecule has 1 atom stereocenters. The van der Waals surface area contributed by atoms with Crippen LogP contribution in [0.2, 0.25) is 0 Å². The van der Waals surface area contributed by atoms with Gasteiger partial charge in [-0.15, -0.1) is 0 Å². The Morgan fingerprint density at radius 1 is 0.839 bits per heavy atom. The first-order valence-corrected chi connectivity index (χ1v) is 10.7. The van der Waals surface area contributed by atoms with E-state index in [-0.39, 0.29) is 30.3 Å². The van der Waals surface area contributed by atoms with Gasteiger partial charge in [-0.1, -0.05) is 75.4 Å². The second-order valence-electron chi connectivity index (χ2n) is 7.89. The van der Waals surface area contributed by atoms with Gasteiger partial charge in [0, 0.05) is 11.1 Å². The second-order valence-corrected chi connectivity index (χ2v) is 7.89. The number of nitrogens with one attached hydrogen (secondary N) is 1. The van der Waals surface area contributed by atoms with Crippen LogP contribution in [0.5, 0.6) is 5.75 Å². The molecule has 1 amide bonds. The molecule has 0 saturated heterocycles. The van der Waals surface area contributed by atoms with E-state index in [0.29, 0.717) is 16.9 Å². The topological polar surface area (TPSA) is 55.4 Å². The summed E-state index contributed by atoms with van der Waals surface area (Å²) < 4.78 is 5.64. The van der Waals surface area contributed by atoms with Crippen LogP contribution in [-0.2, 0) is 11.2 Å². The number of benzene rings is 3. The summed E-state index contributed by atoms with van der Waals surface area (Å²) in [5, 5.41) is 3.07. The van der Waals surface area contributed by atoms with Crippen LogP contribution in [0.1, 0.15) is 53.9 Å². The number of rotatable bonds is 9. The van der Waals surface area contributed by atoms with E-state index in [2.05, 4.69) is 50.4 Å². The predicted octanol–water partition coefficient (Wildman–Crippen LogP) is 5.37. The van der Waals surface area contributed by atoms with Crippen molar-refractivity contribution in [1.29, 1.82) is 0 Å². The van der Waals surface area contributed by atoms with Crippen LogP contribution in [-0.4, -0.2) is 18.3 Å². The predicted molar refractivity (Wildman–Crippen MR) is 123 cm³/mol. The van der Waals surface area contributed by atoms with Crippen molar-refractivity contribution in [1.82, 2.24) is 5.32 Å². The number of carbonyl (C=O) groups is 2. The number of carbonyl (C=O) groups excluding carboxylic acids is 2. The highest BCUT2D eigenvalue weighted by Gasteiger charge is 2.18. The van der Waals surface area contributed by atoms with E-state index in [0.717, 1.165) is 12.0 Å². The van der Waals surface area contributed by atoms with Crippen molar-refractivity contribution in [3.8, 4) is 5.75 Å². The van der Waals surface area contributed by atoms with Gasteiger partial charge in [0.2, 0.25) is 0 Å². The minimum absolute atomic E-state index is 0.0428. The molecule has 0 saturated carbocycles. The molecule has 31 heavy (non-hydrogen) atoms. The largest absolute Gasteiger partial charge is 0.484 e. The molecule has 3 rings (SSSR count). The minimum atomic E-state index is -0.178. The van der Waals surface area contributed by atoms with Crippen LogP contribution in [0, 0.1) is 5.92 Å². The quantitative estimate of drug-likeness (QED) is 0.478. The lowest BCUT2D eigenvalue weighted by atomic mass is 9.95. The van der Waals surface area contributed by atoms with Crippen molar-refractivity contribution in [2.45, 2.75) is 33.2 Å². The van der Waals surface area contributed by atoms with E-state index in [1.807, 2.05) is 18.2 Å². The first-order valence-electron chi connectivity index (χ1n) is 10.7. The molecular weight excluding hydrogens is 386 g/mol. The fourth-order valence-electron chi connectivity index (χ4n) is 3.42. The summed E-state index contributed by atoms with van der Waals surface area (Å²) >= 11 is 0. The molecule has 0 aliphatic rings. The van der Waals surface area contributed by atoms with Crippen molar-refractivity contribution >= 4 is 11.7 Å². The maximum absolute atomic E-state index is 12.5. The molecule has 3 aromatic carbocycles. The van der Waals surface area contributed by atoms with Gasteiger partial charge in [-0.25, -0.2) is 0 Å². The first-order chi connectivity index (χ1) is 15.0. The average molecular weight is 416 g/mol. The number of hydrogen-bond donors (Lipinski definition) is 1. The molecule has 0 aliphatic carbocycles. The molecule has 0 bridgehead atoms. The number of ketones is 1. The molecular formula is C27H29NO3. The molecule has 3 aromatic rings. The van der Waals surface area contributed by atoms with Crippen LogP contribution in [0.3, 0.4) is 0 Å². The lowest BCUT2D eigenvalue weighted by Gasteiger charge is -2.23. The van der Waals surface area contributed by atoms with Gasteiger partial charge < -0.3 is 10.1 Å². The Balaban J connectivity index is 1.57. The van der Waals surface area contributed by atoms with Crippen molar-refractivity contribution in [2.75, 3.05) is 6.61 Å². The van der Waals surface area contributed by atoms with E-state index >= 15 is 0 Å². The van der Waals surface area contributed by atoms with E-state index in [4.69, 9.17) is 4.74 Å². The zero-order chi connectivity index (χ0) is 22.2. The third kappa shape index (κ3) is 6.05. The zero-order valence-electron chi connectivity index (χ0n) is 18.3. The van der Waals surface area contributed by atoms with Crippen LogP contribution >= 0.6 is 0 Å². The maximum atomic E-state index is 12.5. The Labute approximate surface area is 184 Å². The SMILES string of the molecule is CCc1ccc([C@@H](NC(=O)COc2ccc(C(=O)c3ccccc3)cc2)C(C)C)cc1. The summed E-state index contributed by atoms with van der Waals surface area (Å²) in [5.41, 5.74) is 3.58. The second kappa shape index (κ2) is 10.6. The first kappa shape index (κ1) is 22.3. The van der Waals surface area contributed by atoms with Gasteiger partial charge in [0.05, 0.1) is 6.04 Å². The molecule has 0 aliphatic heterocycles. The molecule has 4 nitrogen and oxygen atoms in total. The Morgan fingerprint density at radius 2 is 1.45 bits per heavy atom. The maximum Gasteiger partial charge on any atom is 0.258 e. The fraction of sp³-hybridized carbons (Fsp3) is 0.259. The highest BCUT2D eigenvalue weighted by atomic mass is 16.5. The summed E-state index contributed by atoms with van der Waals surface area (Å²) in [4.78, 5) is 25.0. The lowest BCUT2D eigenvalue weighted by Crippen LogP contribution is -2.35. The third-order valence-electron chi connectivity index (χ3n) is 5.25.